The minimum atomic E-state index is -0.646. The Hall–Kier alpha value is -1.82. The zero-order chi connectivity index (χ0) is 13.8. The van der Waals surface area contributed by atoms with Gasteiger partial charge in [0.1, 0.15) is 0 Å². The van der Waals surface area contributed by atoms with Crippen LogP contribution < -0.4 is 10.6 Å². The van der Waals surface area contributed by atoms with E-state index in [-0.39, 0.29) is 12.6 Å². The molecule has 1 aliphatic rings. The monoisotopic (exact) mass is 265 g/mol. The molecule has 6 heteroatoms. The Morgan fingerprint density at radius 1 is 1.47 bits per heavy atom. The summed E-state index contributed by atoms with van der Waals surface area (Å²) in [7, 11) is 1.85. The van der Waals surface area contributed by atoms with Crippen molar-refractivity contribution in [1.29, 1.82) is 0 Å². The van der Waals surface area contributed by atoms with Gasteiger partial charge in [-0.15, -0.1) is 0 Å². The lowest BCUT2D eigenvalue weighted by Crippen LogP contribution is -2.41. The Balaban J connectivity index is 1.69. The first-order valence-electron chi connectivity index (χ1n) is 6.46. The topological polar surface area (TPSA) is 83.4 Å². The molecule has 0 aromatic carbocycles. The number of aromatic nitrogens is 1. The molecular formula is C13H19N3O3. The molecule has 2 amide bonds. The molecule has 6 nitrogen and oxygen atoms in total. The van der Waals surface area contributed by atoms with Crippen LogP contribution in [0.15, 0.2) is 18.3 Å². The molecule has 0 spiro atoms. The Kier molecular flexibility index (Phi) is 4.21. The van der Waals surface area contributed by atoms with Crippen molar-refractivity contribution in [3.8, 4) is 0 Å². The summed E-state index contributed by atoms with van der Waals surface area (Å²) in [6.07, 6.45) is 3.48. The number of nitrogens with one attached hydrogen (secondary N) is 2. The van der Waals surface area contributed by atoms with Crippen LogP contribution in [0, 0.1) is 0 Å². The summed E-state index contributed by atoms with van der Waals surface area (Å²) in [6.45, 7) is 0.267. The molecule has 1 heterocycles. The third-order valence-electron chi connectivity index (χ3n) is 3.15. The summed E-state index contributed by atoms with van der Waals surface area (Å²) >= 11 is 0. The van der Waals surface area contributed by atoms with E-state index in [4.69, 9.17) is 0 Å². The fourth-order valence-electron chi connectivity index (χ4n) is 1.85. The van der Waals surface area contributed by atoms with Gasteiger partial charge in [-0.2, -0.15) is 0 Å². The first-order valence-corrected chi connectivity index (χ1v) is 6.46. The van der Waals surface area contributed by atoms with Gasteiger partial charge in [0.15, 0.2) is 0 Å². The predicted molar refractivity (Wildman–Crippen MR) is 69.2 cm³/mol. The number of aliphatic hydroxyl groups is 1. The quantitative estimate of drug-likeness (QED) is 0.647. The molecule has 2 rings (SSSR count). The molecular weight excluding hydrogens is 246 g/mol. The van der Waals surface area contributed by atoms with E-state index in [0.29, 0.717) is 6.42 Å². The van der Waals surface area contributed by atoms with Crippen LogP contribution in [0.1, 0.15) is 31.1 Å². The smallest absolute Gasteiger partial charge is 0.309 e. The van der Waals surface area contributed by atoms with Crippen LogP contribution in [0.4, 0.5) is 0 Å². The van der Waals surface area contributed by atoms with Crippen LogP contribution in [0.3, 0.4) is 0 Å². The highest BCUT2D eigenvalue weighted by Gasteiger charge is 2.26. The fourth-order valence-corrected chi connectivity index (χ4v) is 1.85. The van der Waals surface area contributed by atoms with Gasteiger partial charge in [-0.1, -0.05) is 0 Å². The molecule has 3 N–H and O–H groups in total. The molecule has 1 saturated carbocycles. The highest BCUT2D eigenvalue weighted by atomic mass is 16.3. The summed E-state index contributed by atoms with van der Waals surface area (Å²) in [5.41, 5.74) is 0.789. The third kappa shape index (κ3) is 3.82. The maximum atomic E-state index is 11.4. The van der Waals surface area contributed by atoms with E-state index in [1.165, 1.54) is 0 Å². The van der Waals surface area contributed by atoms with Crippen molar-refractivity contribution in [2.75, 3.05) is 6.54 Å². The zero-order valence-corrected chi connectivity index (χ0v) is 10.9. The second-order valence-corrected chi connectivity index (χ2v) is 4.85. The number of aliphatic hydroxyl groups excluding tert-OH is 1. The van der Waals surface area contributed by atoms with Crippen LogP contribution in [0.5, 0.6) is 0 Å². The van der Waals surface area contributed by atoms with Gasteiger partial charge in [0.2, 0.25) is 0 Å². The standard InChI is InChI=1S/C13H19N3O3/c1-16-8-2-3-10(16)11(17)6-7-14-12(18)13(19)15-9-4-5-9/h2-3,8-9,11,17H,4-7H2,1H3,(H,14,18)(H,15,19). The predicted octanol–water partition coefficient (Wildman–Crippen LogP) is -0.157. The lowest BCUT2D eigenvalue weighted by atomic mass is 10.2. The Bertz CT molecular complexity index is 465. The molecule has 0 bridgehead atoms. The summed E-state index contributed by atoms with van der Waals surface area (Å²) in [4.78, 5) is 22.8. The summed E-state index contributed by atoms with van der Waals surface area (Å²) in [6, 6.07) is 3.85. The molecule has 1 aromatic heterocycles. The number of aryl methyl sites for hydroxylation is 1. The Labute approximate surface area is 111 Å². The van der Waals surface area contributed by atoms with Crippen molar-refractivity contribution >= 4 is 11.8 Å². The van der Waals surface area contributed by atoms with Gasteiger partial charge in [0.25, 0.3) is 0 Å². The summed E-state index contributed by atoms with van der Waals surface area (Å²) < 4.78 is 1.83. The van der Waals surface area contributed by atoms with E-state index >= 15 is 0 Å². The van der Waals surface area contributed by atoms with Crippen molar-refractivity contribution in [3.05, 3.63) is 24.0 Å². The van der Waals surface area contributed by atoms with Gasteiger partial charge in [-0.3, -0.25) is 9.59 Å². The largest absolute Gasteiger partial charge is 0.387 e. The van der Waals surface area contributed by atoms with E-state index < -0.39 is 17.9 Å². The Morgan fingerprint density at radius 2 is 2.21 bits per heavy atom. The number of carbonyl (C=O) groups is 2. The summed E-state index contributed by atoms with van der Waals surface area (Å²) in [5.74, 6) is -1.22. The first kappa shape index (κ1) is 13.6. The van der Waals surface area contributed by atoms with Crippen LogP contribution >= 0.6 is 0 Å². The van der Waals surface area contributed by atoms with Gasteiger partial charge in [0.05, 0.1) is 6.10 Å². The molecule has 104 valence electrons. The molecule has 0 saturated heterocycles. The van der Waals surface area contributed by atoms with Gasteiger partial charge in [0, 0.05) is 31.5 Å². The number of hydrogen-bond donors (Lipinski definition) is 3. The fraction of sp³-hybridized carbons (Fsp3) is 0.538. The van der Waals surface area contributed by atoms with E-state index in [1.54, 1.807) is 0 Å². The number of amides is 2. The van der Waals surface area contributed by atoms with Gasteiger partial charge in [-0.05, 0) is 31.4 Å². The normalized spacial score (nSPS) is 15.9. The van der Waals surface area contributed by atoms with Crippen molar-refractivity contribution in [2.45, 2.75) is 31.4 Å². The van der Waals surface area contributed by atoms with E-state index in [1.807, 2.05) is 29.9 Å². The SMILES string of the molecule is Cn1cccc1C(O)CCNC(=O)C(=O)NC1CC1. The lowest BCUT2D eigenvalue weighted by Gasteiger charge is -2.12. The van der Waals surface area contributed by atoms with E-state index in [9.17, 15) is 14.7 Å². The maximum absolute atomic E-state index is 11.4. The maximum Gasteiger partial charge on any atom is 0.309 e. The molecule has 0 aliphatic heterocycles. The van der Waals surface area contributed by atoms with Crippen molar-refractivity contribution in [3.63, 3.8) is 0 Å². The molecule has 19 heavy (non-hydrogen) atoms. The van der Waals surface area contributed by atoms with Gasteiger partial charge >= 0.3 is 11.8 Å². The molecule has 1 aromatic rings. The van der Waals surface area contributed by atoms with Gasteiger partial charge < -0.3 is 20.3 Å². The molecule has 1 atom stereocenters. The number of rotatable bonds is 5. The van der Waals surface area contributed by atoms with Crippen LogP contribution in [0.25, 0.3) is 0 Å². The second kappa shape index (κ2) is 5.88. The third-order valence-corrected chi connectivity index (χ3v) is 3.15. The van der Waals surface area contributed by atoms with E-state index in [0.717, 1.165) is 18.5 Å². The average Bonchev–Trinajstić information content (AvgIpc) is 3.08. The highest BCUT2D eigenvalue weighted by molar-refractivity contribution is 6.35. The first-order chi connectivity index (χ1) is 9.08. The van der Waals surface area contributed by atoms with Crippen molar-refractivity contribution in [2.24, 2.45) is 7.05 Å². The van der Waals surface area contributed by atoms with Crippen LogP contribution in [-0.2, 0) is 16.6 Å². The van der Waals surface area contributed by atoms with E-state index in [2.05, 4.69) is 10.6 Å². The second-order valence-electron chi connectivity index (χ2n) is 4.85. The molecule has 1 unspecified atom stereocenters. The lowest BCUT2D eigenvalue weighted by molar-refractivity contribution is -0.139. The highest BCUT2D eigenvalue weighted by Crippen LogP contribution is 2.18. The number of nitrogens with zero attached hydrogens (tertiary/aromatic N) is 1. The van der Waals surface area contributed by atoms with Crippen LogP contribution in [0.2, 0.25) is 0 Å². The number of carbonyl (C=O) groups excluding carboxylic acids is 2. The minimum Gasteiger partial charge on any atom is -0.387 e. The Morgan fingerprint density at radius 3 is 2.79 bits per heavy atom. The van der Waals surface area contributed by atoms with Gasteiger partial charge in [-0.25, -0.2) is 0 Å². The average molecular weight is 265 g/mol. The molecule has 0 radical (unpaired) electrons. The van der Waals surface area contributed by atoms with Crippen LogP contribution in [-0.4, -0.2) is 34.1 Å². The zero-order valence-electron chi connectivity index (χ0n) is 10.9. The number of hydrogen-bond acceptors (Lipinski definition) is 3. The summed E-state index contributed by atoms with van der Waals surface area (Å²) in [5, 5.41) is 15.0. The molecule has 1 fully saturated rings. The van der Waals surface area contributed by atoms with Crippen molar-refractivity contribution < 1.29 is 14.7 Å². The minimum absolute atomic E-state index is 0.173. The van der Waals surface area contributed by atoms with Crippen molar-refractivity contribution in [1.82, 2.24) is 15.2 Å². The molecule has 1 aliphatic carbocycles.